The molecule has 0 saturated heterocycles. The van der Waals surface area contributed by atoms with E-state index in [0.29, 0.717) is 24.3 Å². The van der Waals surface area contributed by atoms with E-state index < -0.39 is 40.5 Å². The summed E-state index contributed by atoms with van der Waals surface area (Å²) >= 11 is 0. The Labute approximate surface area is 216 Å². The van der Waals surface area contributed by atoms with E-state index in [1.807, 2.05) is 0 Å². The van der Waals surface area contributed by atoms with Crippen LogP contribution in [0.2, 0.25) is 0 Å². The Bertz CT molecular complexity index is 1350. The predicted molar refractivity (Wildman–Crippen MR) is 128 cm³/mol. The minimum atomic E-state index is -5.82. The highest BCUT2D eigenvalue weighted by Crippen LogP contribution is 2.56. The first-order valence-electron chi connectivity index (χ1n) is 11.0. The highest BCUT2D eigenvalue weighted by molar-refractivity contribution is 5.50. The standard InChI is InChI=1S/C27H18F8N2O2/c28-21-13-19(9-11-23(21)36)38-17-5-1-15(2-6-17)25(26(30,31)32,27(33,34)35)16-3-7-18(8-4-16)39-20-10-12-24(37)22(29)14-20/h1-14H,36-37H2. The van der Waals surface area contributed by atoms with E-state index in [1.54, 1.807) is 0 Å². The quantitative estimate of drug-likeness (QED) is 0.187. The average molecular weight is 554 g/mol. The lowest BCUT2D eigenvalue weighted by molar-refractivity contribution is -0.288. The molecule has 0 saturated carbocycles. The Morgan fingerprint density at radius 3 is 1.05 bits per heavy atom. The third-order valence-corrected chi connectivity index (χ3v) is 5.84. The van der Waals surface area contributed by atoms with E-state index in [-0.39, 0.29) is 34.4 Å². The van der Waals surface area contributed by atoms with Gasteiger partial charge < -0.3 is 20.9 Å². The first-order valence-corrected chi connectivity index (χ1v) is 11.0. The Kier molecular flexibility index (Phi) is 7.07. The summed E-state index contributed by atoms with van der Waals surface area (Å²) in [5, 5.41) is 0. The number of anilines is 2. The maximum absolute atomic E-state index is 14.4. The molecule has 0 aliphatic heterocycles. The number of nitrogens with two attached hydrogens (primary N) is 2. The molecule has 0 heterocycles. The van der Waals surface area contributed by atoms with Crippen molar-refractivity contribution in [3.8, 4) is 23.0 Å². The molecule has 4 aromatic rings. The zero-order valence-corrected chi connectivity index (χ0v) is 19.6. The van der Waals surface area contributed by atoms with Gasteiger partial charge in [-0.1, -0.05) is 24.3 Å². The van der Waals surface area contributed by atoms with Gasteiger partial charge in [0, 0.05) is 12.1 Å². The van der Waals surface area contributed by atoms with Gasteiger partial charge >= 0.3 is 12.4 Å². The SMILES string of the molecule is Nc1ccc(Oc2ccc(C(c3ccc(Oc4ccc(N)c(F)c4)cc3)(C(F)(F)F)C(F)(F)F)cc2)cc1F. The second-order valence-corrected chi connectivity index (χ2v) is 8.37. The molecular weight excluding hydrogens is 536 g/mol. The fourth-order valence-corrected chi connectivity index (χ4v) is 3.94. The normalized spacial score (nSPS) is 12.3. The first kappa shape index (κ1) is 27.6. The van der Waals surface area contributed by atoms with Crippen LogP contribution < -0.4 is 20.9 Å². The summed E-state index contributed by atoms with van der Waals surface area (Å²) in [5.74, 6) is -2.04. The summed E-state index contributed by atoms with van der Waals surface area (Å²) in [4.78, 5) is 0. The molecule has 0 fully saturated rings. The third kappa shape index (κ3) is 5.27. The van der Waals surface area contributed by atoms with Crippen molar-refractivity contribution in [2.45, 2.75) is 17.8 Å². The molecule has 4 N–H and O–H groups in total. The fraction of sp³-hybridized carbons (Fsp3) is 0.111. The second-order valence-electron chi connectivity index (χ2n) is 8.37. The number of alkyl halides is 6. The van der Waals surface area contributed by atoms with Crippen LogP contribution in [-0.4, -0.2) is 12.4 Å². The van der Waals surface area contributed by atoms with Crippen molar-refractivity contribution in [2.75, 3.05) is 11.5 Å². The number of ether oxygens (including phenoxy) is 2. The number of nitrogen functional groups attached to an aromatic ring is 2. The van der Waals surface area contributed by atoms with Gasteiger partial charge in [-0.15, -0.1) is 0 Å². The number of hydrogen-bond acceptors (Lipinski definition) is 4. The van der Waals surface area contributed by atoms with Gasteiger partial charge in [-0.05, 0) is 59.7 Å². The summed E-state index contributed by atoms with van der Waals surface area (Å²) in [6, 6.07) is 12.9. The van der Waals surface area contributed by atoms with Crippen molar-refractivity contribution in [2.24, 2.45) is 0 Å². The van der Waals surface area contributed by atoms with E-state index >= 15 is 0 Å². The van der Waals surface area contributed by atoms with Crippen LogP contribution in [0.1, 0.15) is 11.1 Å². The number of rotatable bonds is 6. The lowest BCUT2D eigenvalue weighted by atomic mass is 9.73. The fourth-order valence-electron chi connectivity index (χ4n) is 3.94. The van der Waals surface area contributed by atoms with Crippen LogP contribution in [0.4, 0.5) is 46.5 Å². The molecule has 39 heavy (non-hydrogen) atoms. The second kappa shape index (κ2) is 10.0. The zero-order chi connectivity index (χ0) is 28.6. The molecule has 4 rings (SSSR count). The monoisotopic (exact) mass is 554 g/mol. The lowest BCUT2D eigenvalue weighted by Crippen LogP contribution is -2.54. The average Bonchev–Trinajstić information content (AvgIpc) is 2.84. The van der Waals surface area contributed by atoms with E-state index in [1.165, 1.54) is 24.3 Å². The van der Waals surface area contributed by atoms with Crippen molar-refractivity contribution < 1.29 is 44.6 Å². The molecule has 0 aliphatic rings. The Morgan fingerprint density at radius 2 is 0.769 bits per heavy atom. The number of hydrogen-bond donors (Lipinski definition) is 2. The Morgan fingerprint density at radius 1 is 0.462 bits per heavy atom. The summed E-state index contributed by atoms with van der Waals surface area (Å²) in [6.07, 6.45) is -11.6. The highest BCUT2D eigenvalue weighted by atomic mass is 19.4. The zero-order valence-electron chi connectivity index (χ0n) is 19.6. The van der Waals surface area contributed by atoms with Crippen LogP contribution in [0.5, 0.6) is 23.0 Å². The molecule has 0 bridgehead atoms. The Hall–Kier alpha value is -4.48. The number of halogens is 8. The van der Waals surface area contributed by atoms with Gasteiger partial charge in [0.15, 0.2) is 0 Å². The van der Waals surface area contributed by atoms with Crippen LogP contribution in [-0.2, 0) is 5.41 Å². The highest BCUT2D eigenvalue weighted by Gasteiger charge is 2.72. The molecule has 0 amide bonds. The molecule has 0 spiro atoms. The maximum atomic E-state index is 14.4. The molecular formula is C27H18F8N2O2. The van der Waals surface area contributed by atoms with Crippen LogP contribution in [0.25, 0.3) is 0 Å². The molecule has 0 radical (unpaired) electrons. The van der Waals surface area contributed by atoms with E-state index in [4.69, 9.17) is 20.9 Å². The summed E-state index contributed by atoms with van der Waals surface area (Å²) in [6.45, 7) is 0. The Balaban J connectivity index is 1.71. The van der Waals surface area contributed by atoms with Crippen LogP contribution in [0.15, 0.2) is 84.9 Å². The predicted octanol–water partition coefficient (Wildman–Crippen LogP) is 8.12. The maximum Gasteiger partial charge on any atom is 0.411 e. The molecule has 0 aromatic heterocycles. The smallest absolute Gasteiger partial charge is 0.411 e. The van der Waals surface area contributed by atoms with Gasteiger partial charge in [-0.3, -0.25) is 0 Å². The largest absolute Gasteiger partial charge is 0.457 e. The van der Waals surface area contributed by atoms with Crippen molar-refractivity contribution in [3.63, 3.8) is 0 Å². The van der Waals surface area contributed by atoms with Crippen LogP contribution >= 0.6 is 0 Å². The number of benzene rings is 4. The summed E-state index contributed by atoms with van der Waals surface area (Å²) in [5.41, 5.74) is 3.72. The van der Waals surface area contributed by atoms with Gasteiger partial charge in [-0.2, -0.15) is 26.3 Å². The molecule has 0 unspecified atom stereocenters. The van der Waals surface area contributed by atoms with Crippen LogP contribution in [0.3, 0.4) is 0 Å². The van der Waals surface area contributed by atoms with Gasteiger partial charge in [-0.25, -0.2) is 8.78 Å². The van der Waals surface area contributed by atoms with E-state index in [2.05, 4.69) is 0 Å². The minimum Gasteiger partial charge on any atom is -0.457 e. The van der Waals surface area contributed by atoms with Gasteiger partial charge in [0.2, 0.25) is 5.41 Å². The minimum absolute atomic E-state index is 0.0658. The van der Waals surface area contributed by atoms with Gasteiger partial charge in [0.25, 0.3) is 0 Å². The van der Waals surface area contributed by atoms with Gasteiger partial charge in [0.05, 0.1) is 11.4 Å². The van der Waals surface area contributed by atoms with Crippen molar-refractivity contribution in [1.82, 2.24) is 0 Å². The van der Waals surface area contributed by atoms with Crippen molar-refractivity contribution in [1.29, 1.82) is 0 Å². The molecule has 4 nitrogen and oxygen atoms in total. The topological polar surface area (TPSA) is 70.5 Å². The van der Waals surface area contributed by atoms with Gasteiger partial charge in [0.1, 0.15) is 34.6 Å². The first-order chi connectivity index (χ1) is 18.2. The molecule has 0 aliphatic carbocycles. The van der Waals surface area contributed by atoms with E-state index in [9.17, 15) is 35.1 Å². The summed E-state index contributed by atoms with van der Waals surface area (Å²) < 4.78 is 124. The van der Waals surface area contributed by atoms with Crippen LogP contribution in [0, 0.1) is 11.6 Å². The van der Waals surface area contributed by atoms with E-state index in [0.717, 1.165) is 36.4 Å². The lowest BCUT2D eigenvalue weighted by Gasteiger charge is -2.38. The molecule has 12 heteroatoms. The summed E-state index contributed by atoms with van der Waals surface area (Å²) in [7, 11) is 0. The van der Waals surface area contributed by atoms with Crippen molar-refractivity contribution >= 4 is 11.4 Å². The van der Waals surface area contributed by atoms with Crippen molar-refractivity contribution in [3.05, 3.63) is 108 Å². The molecule has 4 aromatic carbocycles. The third-order valence-electron chi connectivity index (χ3n) is 5.84. The molecule has 0 atom stereocenters. The molecule has 204 valence electrons.